The molecule has 118 valence electrons. The maximum absolute atomic E-state index is 10.6. The topological polar surface area (TPSA) is 28.0 Å². The molecule has 2 aromatic heterocycles. The number of rotatable bonds is 4. The number of aromatic nitrogens is 2. The van der Waals surface area contributed by atoms with Gasteiger partial charge >= 0.3 is 0 Å². The van der Waals surface area contributed by atoms with Crippen molar-refractivity contribution >= 4 is 21.8 Å². The predicted molar refractivity (Wildman–Crippen MR) is 94.3 cm³/mol. The fourth-order valence-corrected chi connectivity index (χ4v) is 3.27. The maximum Gasteiger partial charge on any atom is 0.212 e. The van der Waals surface area contributed by atoms with Gasteiger partial charge in [0.2, 0.25) is 11.0 Å². The Bertz CT molecular complexity index is 905. The largest absolute Gasteiger partial charge is 0.381 e. The van der Waals surface area contributed by atoms with Crippen LogP contribution in [-0.2, 0) is 13.1 Å². The van der Waals surface area contributed by atoms with Gasteiger partial charge in [-0.3, -0.25) is 0 Å². The second-order valence-corrected chi connectivity index (χ2v) is 6.09. The molecule has 0 unspecified atom stereocenters. The molecular weight excluding hydrogens is 296 g/mol. The van der Waals surface area contributed by atoms with E-state index in [2.05, 4.69) is 45.5 Å². The molecule has 1 N–H and O–H groups in total. The zero-order chi connectivity index (χ0) is 16.4. The maximum atomic E-state index is 10.6. The van der Waals surface area contributed by atoms with Crippen LogP contribution in [0.15, 0.2) is 85.2 Å². The van der Waals surface area contributed by atoms with Crippen molar-refractivity contribution < 1.29 is 14.2 Å². The fourth-order valence-electron chi connectivity index (χ4n) is 3.27. The number of benzene rings is 2. The normalized spacial score (nSPS) is 11.4. The van der Waals surface area contributed by atoms with Crippen molar-refractivity contribution in [1.82, 2.24) is 0 Å². The molecule has 0 atom stereocenters. The van der Waals surface area contributed by atoms with E-state index in [4.69, 9.17) is 0 Å². The van der Waals surface area contributed by atoms with Crippen molar-refractivity contribution in [3.8, 4) is 0 Å². The zero-order valence-corrected chi connectivity index (χ0v) is 13.4. The summed E-state index contributed by atoms with van der Waals surface area (Å²) < 4.78 is 4.23. The first kappa shape index (κ1) is 14.8. The average molecular weight is 316 g/mol. The van der Waals surface area contributed by atoms with Gasteiger partial charge in [0, 0.05) is 35.0 Å². The summed E-state index contributed by atoms with van der Waals surface area (Å²) in [6, 6.07) is 24.8. The number of hydrogen-bond acceptors (Lipinski definition) is 1. The summed E-state index contributed by atoms with van der Waals surface area (Å²) in [4.78, 5) is 0. The summed E-state index contributed by atoms with van der Waals surface area (Å²) >= 11 is 0. The monoisotopic (exact) mass is 316 g/mol. The summed E-state index contributed by atoms with van der Waals surface area (Å²) in [5.74, 6) is 0. The van der Waals surface area contributed by atoms with Crippen molar-refractivity contribution in [3.63, 3.8) is 0 Å². The molecule has 3 nitrogen and oxygen atoms in total. The highest BCUT2D eigenvalue weighted by atomic mass is 16.3. The highest BCUT2D eigenvalue weighted by Gasteiger charge is 2.19. The van der Waals surface area contributed by atoms with Crippen molar-refractivity contribution in [2.24, 2.45) is 0 Å². The van der Waals surface area contributed by atoms with Gasteiger partial charge < -0.3 is 5.11 Å². The Morgan fingerprint density at radius 3 is 1.54 bits per heavy atom. The van der Waals surface area contributed by atoms with Crippen LogP contribution in [0.25, 0.3) is 21.8 Å². The van der Waals surface area contributed by atoms with Crippen molar-refractivity contribution in [2.45, 2.75) is 19.2 Å². The lowest BCUT2D eigenvalue weighted by Crippen LogP contribution is -2.47. The van der Waals surface area contributed by atoms with E-state index in [9.17, 15) is 5.11 Å². The highest BCUT2D eigenvalue weighted by Crippen LogP contribution is 2.09. The van der Waals surface area contributed by atoms with Gasteiger partial charge in [-0.2, -0.15) is 9.13 Å². The summed E-state index contributed by atoms with van der Waals surface area (Å²) in [6.45, 7) is 1.13. The molecule has 0 bridgehead atoms. The predicted octanol–water partition coefficient (Wildman–Crippen LogP) is 2.63. The van der Waals surface area contributed by atoms with E-state index in [0.29, 0.717) is 13.1 Å². The van der Waals surface area contributed by atoms with Crippen LogP contribution in [0.1, 0.15) is 0 Å². The van der Waals surface area contributed by atoms with Gasteiger partial charge in [0.1, 0.15) is 0 Å². The first-order chi connectivity index (χ1) is 11.8. The minimum Gasteiger partial charge on any atom is -0.381 e. The van der Waals surface area contributed by atoms with Gasteiger partial charge in [0.25, 0.3) is 0 Å². The van der Waals surface area contributed by atoms with Gasteiger partial charge in [-0.1, -0.05) is 24.3 Å². The van der Waals surface area contributed by atoms with Crippen LogP contribution in [-0.4, -0.2) is 11.2 Å². The third-order valence-electron chi connectivity index (χ3n) is 4.39. The summed E-state index contributed by atoms with van der Waals surface area (Å²) in [5, 5.41) is 13.0. The van der Waals surface area contributed by atoms with Crippen LogP contribution >= 0.6 is 0 Å². The standard InChI is InChI=1S/C21H20N2O/c24-19(15-22-13-5-9-17-7-1-3-11-20(17)22)16-23-14-6-10-18-8-2-4-12-21(18)23/h1-14,19,24H,15-16H2/q+2. The lowest BCUT2D eigenvalue weighted by molar-refractivity contribution is -0.714. The molecule has 0 spiro atoms. The molecule has 0 saturated carbocycles. The molecule has 0 fully saturated rings. The Morgan fingerprint density at radius 1 is 0.625 bits per heavy atom. The van der Waals surface area contributed by atoms with Gasteiger partial charge in [0.05, 0.1) is 0 Å². The lowest BCUT2D eigenvalue weighted by Gasteiger charge is -2.07. The Balaban J connectivity index is 1.61. The summed E-state index contributed by atoms with van der Waals surface area (Å²) in [6.07, 6.45) is 3.59. The molecule has 0 aliphatic rings. The molecule has 2 aromatic carbocycles. The quantitative estimate of drug-likeness (QED) is 0.576. The number of para-hydroxylation sites is 2. The summed E-state index contributed by atoms with van der Waals surface area (Å²) in [7, 11) is 0. The van der Waals surface area contributed by atoms with Crippen LogP contribution in [0, 0.1) is 0 Å². The Hall–Kier alpha value is -2.78. The number of nitrogens with zero attached hydrogens (tertiary/aromatic N) is 2. The Morgan fingerprint density at radius 2 is 1.04 bits per heavy atom. The molecular formula is C21H20N2O+2. The molecule has 4 rings (SSSR count). The minimum absolute atomic E-state index is 0.461. The second-order valence-electron chi connectivity index (χ2n) is 6.09. The van der Waals surface area contributed by atoms with Crippen LogP contribution < -0.4 is 9.13 Å². The SMILES string of the molecule is OC(C[n+]1cccc2ccccc21)C[n+]1cccc2ccccc21. The van der Waals surface area contributed by atoms with Crippen molar-refractivity contribution in [3.05, 3.63) is 85.2 Å². The van der Waals surface area contributed by atoms with Gasteiger partial charge in [-0.25, -0.2) is 0 Å². The molecule has 3 heteroatoms. The fraction of sp³-hybridized carbons (Fsp3) is 0.143. The zero-order valence-electron chi connectivity index (χ0n) is 13.4. The lowest BCUT2D eigenvalue weighted by atomic mass is 10.2. The molecule has 0 amide bonds. The third kappa shape index (κ3) is 2.86. The van der Waals surface area contributed by atoms with E-state index in [1.54, 1.807) is 0 Å². The van der Waals surface area contributed by atoms with Gasteiger partial charge in [-0.05, 0) is 24.3 Å². The number of aliphatic hydroxyl groups excluding tert-OH is 1. The van der Waals surface area contributed by atoms with Gasteiger partial charge in [0.15, 0.2) is 31.6 Å². The molecule has 0 aliphatic carbocycles. The van der Waals surface area contributed by atoms with E-state index in [1.165, 1.54) is 10.8 Å². The molecule has 0 aliphatic heterocycles. The first-order valence-corrected chi connectivity index (χ1v) is 8.24. The van der Waals surface area contributed by atoms with Gasteiger partial charge in [-0.15, -0.1) is 0 Å². The molecule has 24 heavy (non-hydrogen) atoms. The number of hydrogen-bond donors (Lipinski definition) is 1. The van der Waals surface area contributed by atoms with E-state index in [1.807, 2.05) is 48.8 Å². The van der Waals surface area contributed by atoms with E-state index >= 15 is 0 Å². The van der Waals surface area contributed by atoms with E-state index < -0.39 is 6.10 Å². The van der Waals surface area contributed by atoms with Crippen LogP contribution in [0.4, 0.5) is 0 Å². The second kappa shape index (κ2) is 6.38. The average Bonchev–Trinajstić information content (AvgIpc) is 2.62. The molecule has 0 saturated heterocycles. The first-order valence-electron chi connectivity index (χ1n) is 8.24. The summed E-state index contributed by atoms with van der Waals surface area (Å²) in [5.41, 5.74) is 2.28. The van der Waals surface area contributed by atoms with E-state index in [0.717, 1.165) is 11.0 Å². The van der Waals surface area contributed by atoms with Crippen LogP contribution in [0.5, 0.6) is 0 Å². The van der Waals surface area contributed by atoms with Crippen molar-refractivity contribution in [2.75, 3.05) is 0 Å². The minimum atomic E-state index is -0.461. The smallest absolute Gasteiger partial charge is 0.212 e. The molecule has 2 heterocycles. The number of aliphatic hydroxyl groups is 1. The third-order valence-corrected chi connectivity index (χ3v) is 4.39. The van der Waals surface area contributed by atoms with Crippen molar-refractivity contribution in [1.29, 1.82) is 0 Å². The van der Waals surface area contributed by atoms with Crippen LogP contribution in [0.2, 0.25) is 0 Å². The number of fused-ring (bicyclic) bond motifs is 2. The highest BCUT2D eigenvalue weighted by molar-refractivity contribution is 5.75. The van der Waals surface area contributed by atoms with E-state index in [-0.39, 0.29) is 0 Å². The molecule has 4 aromatic rings. The van der Waals surface area contributed by atoms with Crippen LogP contribution in [0.3, 0.4) is 0 Å². The Labute approximate surface area is 141 Å². The number of pyridine rings is 2. The Kier molecular flexibility index (Phi) is 3.93. The molecule has 0 radical (unpaired) electrons.